The average molecular weight is 312 g/mol. The lowest BCUT2D eigenvalue weighted by molar-refractivity contribution is 0.229. The van der Waals surface area contributed by atoms with E-state index in [1.165, 1.54) is 11.1 Å². The van der Waals surface area contributed by atoms with Crippen LogP contribution in [0.1, 0.15) is 29.2 Å². The van der Waals surface area contributed by atoms with Crippen LogP contribution in [0.2, 0.25) is 0 Å². The number of aryl methyl sites for hydroxylation is 1. The third-order valence-electron chi connectivity index (χ3n) is 3.71. The van der Waals surface area contributed by atoms with Crippen LogP contribution in [0, 0.1) is 6.92 Å². The Morgan fingerprint density at radius 1 is 1.13 bits per heavy atom. The molecule has 23 heavy (non-hydrogen) atoms. The van der Waals surface area contributed by atoms with Crippen molar-refractivity contribution in [3.05, 3.63) is 71.3 Å². The molecule has 0 aliphatic rings. The topological polar surface area (TPSA) is 61.4 Å². The highest BCUT2D eigenvalue weighted by Crippen LogP contribution is 2.15. The van der Waals surface area contributed by atoms with Gasteiger partial charge in [0.2, 0.25) is 0 Å². The quantitative estimate of drug-likeness (QED) is 0.736. The molecule has 0 saturated heterocycles. The monoisotopic (exact) mass is 312 g/mol. The second kappa shape index (κ2) is 8.96. The van der Waals surface area contributed by atoms with E-state index in [0.29, 0.717) is 13.0 Å². The highest BCUT2D eigenvalue weighted by atomic mass is 16.3. The van der Waals surface area contributed by atoms with E-state index in [4.69, 9.17) is 0 Å². The molecule has 0 aliphatic carbocycles. The molecule has 0 aliphatic heterocycles. The number of carbonyl (C=O) groups excluding carboxylic acids is 1. The Balaban J connectivity index is 1.82. The molecule has 2 aromatic rings. The third-order valence-corrected chi connectivity index (χ3v) is 3.71. The zero-order valence-electron chi connectivity index (χ0n) is 13.5. The van der Waals surface area contributed by atoms with E-state index in [9.17, 15) is 9.90 Å². The van der Waals surface area contributed by atoms with E-state index in [1.807, 2.05) is 36.4 Å². The van der Waals surface area contributed by atoms with Crippen molar-refractivity contribution < 1.29 is 9.90 Å². The molecule has 0 spiro atoms. The minimum absolute atomic E-state index is 0.0309. The number of urea groups is 1. The molecule has 0 aromatic heterocycles. The Morgan fingerprint density at radius 2 is 1.91 bits per heavy atom. The molecule has 0 bridgehead atoms. The summed E-state index contributed by atoms with van der Waals surface area (Å²) in [6.45, 7) is 2.67. The summed E-state index contributed by atoms with van der Waals surface area (Å²) in [6, 6.07) is 17.6. The summed E-state index contributed by atoms with van der Waals surface area (Å²) in [5.41, 5.74) is 3.43. The van der Waals surface area contributed by atoms with Gasteiger partial charge in [-0.3, -0.25) is 0 Å². The maximum absolute atomic E-state index is 12.1. The van der Waals surface area contributed by atoms with Crippen LogP contribution in [0.4, 0.5) is 4.79 Å². The van der Waals surface area contributed by atoms with Gasteiger partial charge in [-0.15, -0.1) is 0 Å². The number of rotatable bonds is 7. The molecule has 1 atom stereocenters. The van der Waals surface area contributed by atoms with E-state index in [1.54, 1.807) is 0 Å². The molecule has 2 rings (SSSR count). The highest BCUT2D eigenvalue weighted by Gasteiger charge is 2.13. The largest absolute Gasteiger partial charge is 0.396 e. The fraction of sp³-hybridized carbons (Fsp3) is 0.316. The Bertz CT molecular complexity index is 614. The molecule has 2 aromatic carbocycles. The van der Waals surface area contributed by atoms with Gasteiger partial charge in [0.1, 0.15) is 0 Å². The molecular weight excluding hydrogens is 288 g/mol. The SMILES string of the molecule is Cc1cccc(CCNC(=O)N[C@H](CCO)c2ccccc2)c1. The molecule has 2 amide bonds. The fourth-order valence-corrected chi connectivity index (χ4v) is 2.53. The number of hydrogen-bond donors (Lipinski definition) is 3. The van der Waals surface area contributed by atoms with Gasteiger partial charge in [-0.2, -0.15) is 0 Å². The standard InChI is InChI=1S/C19H24N2O2/c1-15-6-5-7-16(14-15)10-12-20-19(23)21-18(11-13-22)17-8-3-2-4-9-17/h2-9,14,18,22H,10-13H2,1H3,(H2,20,21,23)/t18-/m1/s1. The molecule has 0 fully saturated rings. The number of aliphatic hydroxyl groups is 1. The van der Waals surface area contributed by atoms with E-state index >= 15 is 0 Å². The van der Waals surface area contributed by atoms with Crippen molar-refractivity contribution in [3.8, 4) is 0 Å². The minimum Gasteiger partial charge on any atom is -0.396 e. The molecule has 0 heterocycles. The van der Waals surface area contributed by atoms with Crippen LogP contribution in [0.3, 0.4) is 0 Å². The molecule has 0 radical (unpaired) electrons. The van der Waals surface area contributed by atoms with Gasteiger partial charge in [-0.25, -0.2) is 4.79 Å². The molecule has 4 nitrogen and oxygen atoms in total. The smallest absolute Gasteiger partial charge is 0.315 e. The Morgan fingerprint density at radius 3 is 2.61 bits per heavy atom. The van der Waals surface area contributed by atoms with Crippen LogP contribution in [-0.2, 0) is 6.42 Å². The van der Waals surface area contributed by atoms with Gasteiger partial charge in [-0.05, 0) is 30.9 Å². The number of amides is 2. The summed E-state index contributed by atoms with van der Waals surface area (Å²) < 4.78 is 0. The average Bonchev–Trinajstić information content (AvgIpc) is 2.55. The maximum Gasteiger partial charge on any atom is 0.315 e. The lowest BCUT2D eigenvalue weighted by Gasteiger charge is -2.18. The second-order valence-electron chi connectivity index (χ2n) is 5.61. The number of hydrogen-bond acceptors (Lipinski definition) is 2. The third kappa shape index (κ3) is 5.75. The zero-order valence-corrected chi connectivity index (χ0v) is 13.5. The van der Waals surface area contributed by atoms with Crippen LogP contribution in [0.5, 0.6) is 0 Å². The first kappa shape index (κ1) is 17.0. The summed E-state index contributed by atoms with van der Waals surface area (Å²) in [6.07, 6.45) is 1.29. The summed E-state index contributed by atoms with van der Waals surface area (Å²) in [7, 11) is 0. The first-order chi connectivity index (χ1) is 11.2. The van der Waals surface area contributed by atoms with Crippen molar-refractivity contribution in [2.24, 2.45) is 0 Å². The van der Waals surface area contributed by atoms with E-state index in [2.05, 4.69) is 35.8 Å². The molecular formula is C19H24N2O2. The Labute approximate surface area is 137 Å². The van der Waals surface area contributed by atoms with Gasteiger partial charge in [0, 0.05) is 13.2 Å². The van der Waals surface area contributed by atoms with Crippen molar-refractivity contribution in [1.29, 1.82) is 0 Å². The van der Waals surface area contributed by atoms with E-state index in [-0.39, 0.29) is 18.7 Å². The van der Waals surface area contributed by atoms with Crippen LogP contribution < -0.4 is 10.6 Å². The van der Waals surface area contributed by atoms with Crippen molar-refractivity contribution in [1.82, 2.24) is 10.6 Å². The van der Waals surface area contributed by atoms with Gasteiger partial charge >= 0.3 is 6.03 Å². The number of nitrogens with one attached hydrogen (secondary N) is 2. The van der Waals surface area contributed by atoms with Crippen molar-refractivity contribution in [2.75, 3.05) is 13.2 Å². The van der Waals surface area contributed by atoms with E-state index in [0.717, 1.165) is 12.0 Å². The van der Waals surface area contributed by atoms with E-state index < -0.39 is 0 Å². The lowest BCUT2D eigenvalue weighted by Crippen LogP contribution is -2.39. The molecule has 0 unspecified atom stereocenters. The highest BCUT2D eigenvalue weighted by molar-refractivity contribution is 5.74. The normalized spacial score (nSPS) is 11.7. The van der Waals surface area contributed by atoms with Crippen molar-refractivity contribution >= 4 is 6.03 Å². The number of benzene rings is 2. The Kier molecular flexibility index (Phi) is 6.63. The van der Waals surface area contributed by atoms with Gasteiger partial charge in [0.05, 0.1) is 6.04 Å². The number of aliphatic hydroxyl groups excluding tert-OH is 1. The van der Waals surface area contributed by atoms with Gasteiger partial charge in [0.15, 0.2) is 0 Å². The maximum atomic E-state index is 12.1. The van der Waals surface area contributed by atoms with Crippen LogP contribution in [0.25, 0.3) is 0 Å². The number of carbonyl (C=O) groups is 1. The second-order valence-corrected chi connectivity index (χ2v) is 5.61. The van der Waals surface area contributed by atoms with Crippen LogP contribution in [0.15, 0.2) is 54.6 Å². The summed E-state index contributed by atoms with van der Waals surface area (Å²) in [5, 5.41) is 15.0. The molecule has 4 heteroatoms. The van der Waals surface area contributed by atoms with Crippen molar-refractivity contribution in [2.45, 2.75) is 25.8 Å². The predicted octanol–water partition coefficient (Wildman–Crippen LogP) is 2.96. The molecule has 3 N–H and O–H groups in total. The summed E-state index contributed by atoms with van der Waals surface area (Å²) in [4.78, 5) is 12.1. The van der Waals surface area contributed by atoms with Crippen molar-refractivity contribution in [3.63, 3.8) is 0 Å². The zero-order chi connectivity index (χ0) is 16.5. The predicted molar refractivity (Wildman–Crippen MR) is 92.3 cm³/mol. The van der Waals surface area contributed by atoms with Crippen LogP contribution in [-0.4, -0.2) is 24.3 Å². The van der Waals surface area contributed by atoms with Gasteiger partial charge in [0.25, 0.3) is 0 Å². The lowest BCUT2D eigenvalue weighted by atomic mass is 10.0. The molecule has 122 valence electrons. The first-order valence-electron chi connectivity index (χ1n) is 7.95. The fourth-order valence-electron chi connectivity index (χ4n) is 2.53. The Hall–Kier alpha value is -2.33. The van der Waals surface area contributed by atoms with Crippen LogP contribution >= 0.6 is 0 Å². The van der Waals surface area contributed by atoms with Gasteiger partial charge in [-0.1, -0.05) is 60.2 Å². The minimum atomic E-state index is -0.208. The summed E-state index contributed by atoms with van der Waals surface area (Å²) in [5.74, 6) is 0. The molecule has 0 saturated carbocycles. The van der Waals surface area contributed by atoms with Gasteiger partial charge < -0.3 is 15.7 Å². The summed E-state index contributed by atoms with van der Waals surface area (Å²) >= 11 is 0. The first-order valence-corrected chi connectivity index (χ1v) is 7.95.